The van der Waals surface area contributed by atoms with Crippen molar-refractivity contribution in [3.63, 3.8) is 0 Å². The molecule has 0 fully saturated rings. The van der Waals surface area contributed by atoms with Crippen molar-refractivity contribution in [1.82, 2.24) is 10.2 Å². The number of H-pyrrole nitrogens is 1. The average molecular weight is 202 g/mol. The van der Waals surface area contributed by atoms with Gasteiger partial charge in [0.2, 0.25) is 0 Å². The molecule has 4 nitrogen and oxygen atoms in total. The zero-order chi connectivity index (χ0) is 10.7. The van der Waals surface area contributed by atoms with E-state index in [0.29, 0.717) is 17.1 Å². The maximum Gasteiger partial charge on any atom is 0.167 e. The maximum absolute atomic E-state index is 10.6. The Morgan fingerprint density at radius 3 is 3.00 bits per heavy atom. The summed E-state index contributed by atoms with van der Waals surface area (Å²) in [5.41, 5.74) is 1.44. The number of aldehydes is 1. The van der Waals surface area contributed by atoms with Crippen LogP contribution in [0.3, 0.4) is 0 Å². The molecule has 0 radical (unpaired) electrons. The van der Waals surface area contributed by atoms with Gasteiger partial charge in [-0.2, -0.15) is 5.10 Å². The van der Waals surface area contributed by atoms with Gasteiger partial charge in [0.1, 0.15) is 12.0 Å². The van der Waals surface area contributed by atoms with Gasteiger partial charge in [0.05, 0.1) is 11.9 Å². The summed E-state index contributed by atoms with van der Waals surface area (Å²) in [4.78, 5) is 10.6. The summed E-state index contributed by atoms with van der Waals surface area (Å²) >= 11 is 0. The lowest BCUT2D eigenvalue weighted by Crippen LogP contribution is -1.86. The molecule has 0 aliphatic carbocycles. The first-order valence-electron chi connectivity index (χ1n) is 4.52. The molecule has 0 aliphatic heterocycles. The fourth-order valence-corrected chi connectivity index (χ4v) is 1.22. The first-order chi connectivity index (χ1) is 7.29. The topological polar surface area (TPSA) is 55.0 Å². The third-order valence-corrected chi connectivity index (χ3v) is 2.01. The Bertz CT molecular complexity index is 477. The first-order valence-corrected chi connectivity index (χ1v) is 4.52. The molecular weight excluding hydrogens is 192 g/mol. The van der Waals surface area contributed by atoms with Crippen molar-refractivity contribution in [2.45, 2.75) is 6.92 Å². The highest BCUT2D eigenvalue weighted by Gasteiger charge is 2.03. The van der Waals surface area contributed by atoms with Crippen LogP contribution in [-0.4, -0.2) is 16.5 Å². The molecule has 0 bridgehead atoms. The Kier molecular flexibility index (Phi) is 2.49. The van der Waals surface area contributed by atoms with Crippen LogP contribution in [0.5, 0.6) is 11.5 Å². The Morgan fingerprint density at radius 2 is 2.33 bits per heavy atom. The third-order valence-electron chi connectivity index (χ3n) is 2.01. The molecule has 0 saturated heterocycles. The quantitative estimate of drug-likeness (QED) is 0.777. The van der Waals surface area contributed by atoms with Crippen molar-refractivity contribution in [3.05, 3.63) is 41.7 Å². The van der Waals surface area contributed by atoms with Crippen LogP contribution in [0.2, 0.25) is 0 Å². The first kappa shape index (κ1) is 9.45. The van der Waals surface area contributed by atoms with Crippen LogP contribution in [0.1, 0.15) is 16.1 Å². The van der Waals surface area contributed by atoms with Gasteiger partial charge in [-0.3, -0.25) is 9.89 Å². The van der Waals surface area contributed by atoms with Crippen molar-refractivity contribution in [2.75, 3.05) is 0 Å². The van der Waals surface area contributed by atoms with Crippen molar-refractivity contribution >= 4 is 6.29 Å². The second-order valence-electron chi connectivity index (χ2n) is 3.15. The largest absolute Gasteiger partial charge is 0.454 e. The minimum atomic E-state index is 0.591. The van der Waals surface area contributed by atoms with Crippen molar-refractivity contribution in [1.29, 1.82) is 0 Å². The number of carbonyl (C=O) groups excluding carboxylic acids is 1. The monoisotopic (exact) mass is 202 g/mol. The predicted octanol–water partition coefficient (Wildman–Crippen LogP) is 2.32. The molecule has 0 atom stereocenters. The van der Waals surface area contributed by atoms with Gasteiger partial charge in [-0.05, 0) is 19.1 Å². The fourth-order valence-electron chi connectivity index (χ4n) is 1.22. The summed E-state index contributed by atoms with van der Waals surface area (Å²) in [6, 6.07) is 6.97. The number of hydrogen-bond donors (Lipinski definition) is 1. The molecule has 0 saturated carbocycles. The second kappa shape index (κ2) is 3.96. The minimum absolute atomic E-state index is 0.591. The summed E-state index contributed by atoms with van der Waals surface area (Å²) in [5.74, 6) is 1.29. The number of aromatic amines is 1. The van der Waals surface area contributed by atoms with Crippen molar-refractivity contribution in [2.24, 2.45) is 0 Å². The van der Waals surface area contributed by atoms with Crippen LogP contribution in [0.15, 0.2) is 30.5 Å². The van der Waals surface area contributed by atoms with E-state index in [9.17, 15) is 4.79 Å². The van der Waals surface area contributed by atoms with E-state index in [4.69, 9.17) is 4.74 Å². The third kappa shape index (κ3) is 2.04. The van der Waals surface area contributed by atoms with Gasteiger partial charge >= 0.3 is 0 Å². The van der Waals surface area contributed by atoms with E-state index in [1.165, 1.54) is 0 Å². The number of benzene rings is 1. The average Bonchev–Trinajstić information content (AvgIpc) is 2.65. The molecular formula is C11H10N2O2. The van der Waals surface area contributed by atoms with E-state index >= 15 is 0 Å². The fraction of sp³-hybridized carbons (Fsp3) is 0.0909. The van der Waals surface area contributed by atoms with Crippen LogP contribution in [-0.2, 0) is 0 Å². The maximum atomic E-state index is 10.6. The van der Waals surface area contributed by atoms with E-state index in [1.54, 1.807) is 30.5 Å². The summed E-state index contributed by atoms with van der Waals surface area (Å²) in [7, 11) is 0. The zero-order valence-corrected chi connectivity index (χ0v) is 8.23. The molecule has 0 aliphatic rings. The molecule has 76 valence electrons. The molecule has 0 amide bonds. The SMILES string of the molecule is Cc1[nH]ncc1Oc1cccc(C=O)c1. The molecule has 1 aromatic heterocycles. The van der Waals surface area contributed by atoms with Gasteiger partial charge < -0.3 is 4.74 Å². The van der Waals surface area contributed by atoms with E-state index in [2.05, 4.69) is 10.2 Å². The zero-order valence-electron chi connectivity index (χ0n) is 8.23. The number of hydrogen-bond acceptors (Lipinski definition) is 3. The van der Waals surface area contributed by atoms with E-state index in [0.717, 1.165) is 12.0 Å². The number of aromatic nitrogens is 2. The summed E-state index contributed by atoms with van der Waals surface area (Å²) in [5, 5.41) is 6.61. The molecule has 0 unspecified atom stereocenters. The lowest BCUT2D eigenvalue weighted by Gasteiger charge is -2.03. The molecule has 2 rings (SSSR count). The molecule has 1 heterocycles. The highest BCUT2D eigenvalue weighted by molar-refractivity contribution is 5.75. The van der Waals surface area contributed by atoms with E-state index in [-0.39, 0.29) is 0 Å². The molecule has 2 aromatic rings. The van der Waals surface area contributed by atoms with Gasteiger partial charge in [0, 0.05) is 5.56 Å². The molecule has 1 N–H and O–H groups in total. The molecule has 0 spiro atoms. The van der Waals surface area contributed by atoms with Gasteiger partial charge in [-0.1, -0.05) is 12.1 Å². The van der Waals surface area contributed by atoms with Gasteiger partial charge in [0.15, 0.2) is 5.75 Å². The lowest BCUT2D eigenvalue weighted by molar-refractivity contribution is 0.112. The predicted molar refractivity (Wildman–Crippen MR) is 55.2 cm³/mol. The Labute approximate surface area is 86.9 Å². The highest BCUT2D eigenvalue weighted by Crippen LogP contribution is 2.23. The van der Waals surface area contributed by atoms with Crippen LogP contribution in [0, 0.1) is 6.92 Å². The van der Waals surface area contributed by atoms with Crippen LogP contribution >= 0.6 is 0 Å². The van der Waals surface area contributed by atoms with Crippen LogP contribution in [0.25, 0.3) is 0 Å². The van der Waals surface area contributed by atoms with E-state index < -0.39 is 0 Å². The smallest absolute Gasteiger partial charge is 0.167 e. The Hall–Kier alpha value is -2.10. The number of carbonyl (C=O) groups is 1. The number of rotatable bonds is 3. The van der Waals surface area contributed by atoms with E-state index in [1.807, 2.05) is 6.92 Å². The number of aryl methyl sites for hydroxylation is 1. The minimum Gasteiger partial charge on any atom is -0.454 e. The van der Waals surface area contributed by atoms with Crippen LogP contribution < -0.4 is 4.74 Å². The Morgan fingerprint density at radius 1 is 1.47 bits per heavy atom. The number of nitrogens with one attached hydrogen (secondary N) is 1. The Balaban J connectivity index is 2.24. The highest BCUT2D eigenvalue weighted by atomic mass is 16.5. The summed E-state index contributed by atoms with van der Waals surface area (Å²) < 4.78 is 5.54. The van der Waals surface area contributed by atoms with Crippen molar-refractivity contribution in [3.8, 4) is 11.5 Å². The number of ether oxygens (including phenoxy) is 1. The molecule has 1 aromatic carbocycles. The normalized spacial score (nSPS) is 9.93. The van der Waals surface area contributed by atoms with Gasteiger partial charge in [-0.25, -0.2) is 0 Å². The van der Waals surface area contributed by atoms with Crippen molar-refractivity contribution < 1.29 is 9.53 Å². The standard InChI is InChI=1S/C11H10N2O2/c1-8-11(6-12-13-8)15-10-4-2-3-9(5-10)7-14/h2-7H,1H3,(H,12,13). The summed E-state index contributed by atoms with van der Waals surface area (Å²) in [6.07, 6.45) is 2.39. The second-order valence-corrected chi connectivity index (χ2v) is 3.15. The van der Waals surface area contributed by atoms with Gasteiger partial charge in [0.25, 0.3) is 0 Å². The number of nitrogens with zero attached hydrogens (tertiary/aromatic N) is 1. The van der Waals surface area contributed by atoms with Gasteiger partial charge in [-0.15, -0.1) is 0 Å². The molecule has 15 heavy (non-hydrogen) atoms. The summed E-state index contributed by atoms with van der Waals surface area (Å²) in [6.45, 7) is 1.87. The lowest BCUT2D eigenvalue weighted by atomic mass is 10.2. The molecule has 4 heteroatoms. The van der Waals surface area contributed by atoms with Crippen LogP contribution in [0.4, 0.5) is 0 Å².